The van der Waals surface area contributed by atoms with Crippen LogP contribution in [0.1, 0.15) is 10.6 Å². The molecule has 0 aliphatic rings. The van der Waals surface area contributed by atoms with Crippen LogP contribution < -0.4 is 10.1 Å². The van der Waals surface area contributed by atoms with Gasteiger partial charge >= 0.3 is 0 Å². The number of carbonyl (C=O) groups excluding carboxylic acids is 1. The van der Waals surface area contributed by atoms with Crippen molar-refractivity contribution in [2.45, 2.75) is 6.92 Å². The molecule has 0 unspecified atom stereocenters. The van der Waals surface area contributed by atoms with Crippen molar-refractivity contribution in [3.63, 3.8) is 0 Å². The fraction of sp³-hybridized carbons (Fsp3) is 0.118. The largest absolute Gasteiger partial charge is 0.497 e. The summed E-state index contributed by atoms with van der Waals surface area (Å²) >= 11 is 2.97. The van der Waals surface area contributed by atoms with E-state index in [1.807, 2.05) is 36.6 Å². The van der Waals surface area contributed by atoms with E-state index in [0.29, 0.717) is 5.13 Å². The molecular weight excluding hydrogens is 342 g/mol. The molecule has 0 saturated carbocycles. The number of benzene rings is 1. The van der Waals surface area contributed by atoms with Gasteiger partial charge in [0, 0.05) is 28.1 Å². The SMILES string of the molecule is COc1ccc(-c2nc(/C=C/C(=O)Nc3ncc(C)s3)cs2)cc1. The van der Waals surface area contributed by atoms with Crippen molar-refractivity contribution in [3.05, 3.63) is 52.5 Å². The average molecular weight is 357 g/mol. The molecule has 0 fully saturated rings. The van der Waals surface area contributed by atoms with Crippen molar-refractivity contribution in [2.24, 2.45) is 0 Å². The van der Waals surface area contributed by atoms with Crippen molar-refractivity contribution < 1.29 is 9.53 Å². The minimum Gasteiger partial charge on any atom is -0.497 e. The Morgan fingerprint density at radius 2 is 2.08 bits per heavy atom. The summed E-state index contributed by atoms with van der Waals surface area (Å²) in [6, 6.07) is 7.72. The number of carbonyl (C=O) groups is 1. The van der Waals surface area contributed by atoms with Crippen LogP contribution in [0.4, 0.5) is 5.13 Å². The first-order valence-electron chi connectivity index (χ1n) is 7.15. The number of thiazole rings is 2. The molecule has 2 heterocycles. The number of rotatable bonds is 5. The topological polar surface area (TPSA) is 64.1 Å². The van der Waals surface area contributed by atoms with Gasteiger partial charge in [-0.3, -0.25) is 10.1 Å². The second-order valence-electron chi connectivity index (χ2n) is 4.90. The molecule has 122 valence electrons. The van der Waals surface area contributed by atoms with Gasteiger partial charge in [-0.25, -0.2) is 9.97 Å². The van der Waals surface area contributed by atoms with Crippen LogP contribution in [0.3, 0.4) is 0 Å². The third-order valence-corrected chi connectivity index (χ3v) is 4.85. The number of amides is 1. The van der Waals surface area contributed by atoms with Gasteiger partial charge in [-0.05, 0) is 37.3 Å². The maximum atomic E-state index is 11.9. The van der Waals surface area contributed by atoms with Crippen molar-refractivity contribution in [1.82, 2.24) is 9.97 Å². The normalized spacial score (nSPS) is 10.9. The standard InChI is InChI=1S/C17H15N3O2S2/c1-11-9-18-17(24-11)20-15(21)8-5-13-10-23-16(19-13)12-3-6-14(22-2)7-4-12/h3-10H,1-2H3,(H,18,20,21)/b8-5+. The lowest BCUT2D eigenvalue weighted by Gasteiger charge is -1.99. The molecule has 0 spiro atoms. The average Bonchev–Trinajstić information content (AvgIpc) is 3.22. The van der Waals surface area contributed by atoms with Crippen LogP contribution in [-0.4, -0.2) is 23.0 Å². The fourth-order valence-electron chi connectivity index (χ4n) is 1.95. The summed E-state index contributed by atoms with van der Waals surface area (Å²) in [4.78, 5) is 21.5. The molecule has 0 aliphatic heterocycles. The number of hydrogen-bond acceptors (Lipinski definition) is 6. The van der Waals surface area contributed by atoms with Gasteiger partial charge in [-0.1, -0.05) is 0 Å². The zero-order valence-corrected chi connectivity index (χ0v) is 14.8. The van der Waals surface area contributed by atoms with Crippen molar-refractivity contribution in [2.75, 3.05) is 12.4 Å². The van der Waals surface area contributed by atoms with Gasteiger partial charge in [0.15, 0.2) is 5.13 Å². The molecule has 1 aromatic carbocycles. The van der Waals surface area contributed by atoms with Crippen LogP contribution in [-0.2, 0) is 4.79 Å². The van der Waals surface area contributed by atoms with Crippen LogP contribution >= 0.6 is 22.7 Å². The number of aromatic nitrogens is 2. The van der Waals surface area contributed by atoms with E-state index in [2.05, 4.69) is 15.3 Å². The van der Waals surface area contributed by atoms with Crippen LogP contribution in [0.5, 0.6) is 5.75 Å². The Bertz CT molecular complexity index is 866. The molecule has 3 aromatic rings. The van der Waals surface area contributed by atoms with Gasteiger partial charge < -0.3 is 4.74 Å². The Kier molecular flexibility index (Phi) is 5.02. The highest BCUT2D eigenvalue weighted by Gasteiger charge is 2.05. The van der Waals surface area contributed by atoms with E-state index in [4.69, 9.17) is 4.74 Å². The minimum absolute atomic E-state index is 0.219. The number of ether oxygens (including phenoxy) is 1. The van der Waals surface area contributed by atoms with Gasteiger partial charge in [0.2, 0.25) is 5.91 Å². The van der Waals surface area contributed by atoms with Crippen LogP contribution in [0.15, 0.2) is 41.9 Å². The van der Waals surface area contributed by atoms with Crippen molar-refractivity contribution >= 4 is 39.8 Å². The van der Waals surface area contributed by atoms with Crippen molar-refractivity contribution in [1.29, 1.82) is 0 Å². The van der Waals surface area contributed by atoms with Crippen molar-refractivity contribution in [3.8, 4) is 16.3 Å². The monoisotopic (exact) mass is 357 g/mol. The summed E-state index contributed by atoms with van der Waals surface area (Å²) in [7, 11) is 1.64. The van der Waals surface area contributed by atoms with Gasteiger partial charge in [0.25, 0.3) is 0 Å². The number of nitrogens with zero attached hydrogens (tertiary/aromatic N) is 2. The number of hydrogen-bond donors (Lipinski definition) is 1. The zero-order chi connectivity index (χ0) is 16.9. The van der Waals surface area contributed by atoms with Gasteiger partial charge in [0.05, 0.1) is 12.8 Å². The molecule has 2 aromatic heterocycles. The lowest BCUT2D eigenvalue weighted by Crippen LogP contribution is -2.07. The summed E-state index contributed by atoms with van der Waals surface area (Å²) in [5.74, 6) is 0.591. The second kappa shape index (κ2) is 7.37. The highest BCUT2D eigenvalue weighted by molar-refractivity contribution is 7.15. The number of methoxy groups -OCH3 is 1. The smallest absolute Gasteiger partial charge is 0.250 e. The van der Waals surface area contributed by atoms with Crippen LogP contribution in [0, 0.1) is 6.92 Å². The Hall–Kier alpha value is -2.51. The molecule has 3 rings (SSSR count). The number of anilines is 1. The first-order valence-corrected chi connectivity index (χ1v) is 8.85. The lowest BCUT2D eigenvalue weighted by atomic mass is 10.2. The van der Waals surface area contributed by atoms with E-state index in [1.54, 1.807) is 19.4 Å². The molecule has 1 amide bonds. The molecule has 0 bridgehead atoms. The predicted molar refractivity (Wildman–Crippen MR) is 98.6 cm³/mol. The zero-order valence-electron chi connectivity index (χ0n) is 13.1. The number of nitrogens with one attached hydrogen (secondary N) is 1. The van der Waals surface area contributed by atoms with E-state index < -0.39 is 0 Å². The summed E-state index contributed by atoms with van der Waals surface area (Å²) < 4.78 is 5.15. The summed E-state index contributed by atoms with van der Waals surface area (Å²) in [5.41, 5.74) is 1.76. The van der Waals surface area contributed by atoms with E-state index in [9.17, 15) is 4.79 Å². The summed E-state index contributed by atoms with van der Waals surface area (Å²) in [6.45, 7) is 1.94. The van der Waals surface area contributed by atoms with Crippen LogP contribution in [0.2, 0.25) is 0 Å². The minimum atomic E-state index is -0.219. The molecule has 0 atom stereocenters. The molecule has 7 heteroatoms. The van der Waals surface area contributed by atoms with E-state index in [-0.39, 0.29) is 5.91 Å². The van der Waals surface area contributed by atoms with Gasteiger partial charge in [-0.15, -0.1) is 22.7 Å². The molecule has 5 nitrogen and oxygen atoms in total. The van der Waals surface area contributed by atoms with Gasteiger partial charge in [-0.2, -0.15) is 0 Å². The lowest BCUT2D eigenvalue weighted by molar-refractivity contribution is -0.111. The molecule has 0 saturated heterocycles. The second-order valence-corrected chi connectivity index (χ2v) is 7.00. The van der Waals surface area contributed by atoms with Gasteiger partial charge in [0.1, 0.15) is 10.8 Å². The number of aryl methyl sites for hydroxylation is 1. The Morgan fingerprint density at radius 1 is 1.29 bits per heavy atom. The highest BCUT2D eigenvalue weighted by Crippen LogP contribution is 2.26. The molecular formula is C17H15N3O2S2. The van der Waals surface area contributed by atoms with Crippen LogP contribution in [0.25, 0.3) is 16.6 Å². The quantitative estimate of drug-likeness (QED) is 0.694. The first kappa shape index (κ1) is 16.4. The molecule has 0 aliphatic carbocycles. The third-order valence-electron chi connectivity index (χ3n) is 3.12. The first-order chi connectivity index (χ1) is 11.6. The maximum absolute atomic E-state index is 11.9. The van der Waals surface area contributed by atoms with E-state index in [1.165, 1.54) is 28.7 Å². The summed E-state index contributed by atoms with van der Waals surface area (Å²) in [5, 5.41) is 6.13. The molecule has 24 heavy (non-hydrogen) atoms. The van der Waals surface area contributed by atoms with E-state index >= 15 is 0 Å². The maximum Gasteiger partial charge on any atom is 0.250 e. The fourth-order valence-corrected chi connectivity index (χ4v) is 3.41. The third kappa shape index (κ3) is 4.06. The Morgan fingerprint density at radius 3 is 2.75 bits per heavy atom. The Labute approximate surface area is 147 Å². The molecule has 1 N–H and O–H groups in total. The molecule has 0 radical (unpaired) electrons. The predicted octanol–water partition coefficient (Wildman–Crippen LogP) is 4.24. The highest BCUT2D eigenvalue weighted by atomic mass is 32.1. The van der Waals surface area contributed by atoms with E-state index in [0.717, 1.165) is 26.9 Å². The Balaban J connectivity index is 1.65. The summed E-state index contributed by atoms with van der Waals surface area (Å²) in [6.07, 6.45) is 4.88.